The van der Waals surface area contributed by atoms with E-state index in [2.05, 4.69) is 35.3 Å². The maximum Gasteiger partial charge on any atom is 0.322 e. The highest BCUT2D eigenvalue weighted by Gasteiger charge is 2.23. The highest BCUT2D eigenvalue weighted by atomic mass is 32.2. The van der Waals surface area contributed by atoms with Gasteiger partial charge in [-0.1, -0.05) is 29.8 Å². The molecule has 4 rings (SSSR count). The zero-order valence-electron chi connectivity index (χ0n) is 16.0. The minimum Gasteiger partial charge on any atom is -0.369 e. The Kier molecular flexibility index (Phi) is 5.02. The van der Waals surface area contributed by atoms with Crippen molar-refractivity contribution in [2.45, 2.75) is 19.9 Å². The van der Waals surface area contributed by atoms with Gasteiger partial charge in [-0.2, -0.15) is 0 Å². The Bertz CT molecular complexity index is 990. The van der Waals surface area contributed by atoms with Gasteiger partial charge in [-0.15, -0.1) is 0 Å². The molecule has 2 aliphatic heterocycles. The third-order valence-corrected chi connectivity index (χ3v) is 7.08. The van der Waals surface area contributed by atoms with E-state index in [1.807, 2.05) is 29.2 Å². The van der Waals surface area contributed by atoms with E-state index in [9.17, 15) is 13.2 Å². The lowest BCUT2D eigenvalue weighted by Gasteiger charge is -2.30. The summed E-state index contributed by atoms with van der Waals surface area (Å²) >= 11 is 0. The number of urea groups is 1. The smallest absolute Gasteiger partial charge is 0.322 e. The van der Waals surface area contributed by atoms with Gasteiger partial charge in [-0.25, -0.2) is 13.2 Å². The Morgan fingerprint density at radius 2 is 1.79 bits per heavy atom. The highest BCUT2D eigenvalue weighted by molar-refractivity contribution is 7.91. The van der Waals surface area contributed by atoms with Crippen molar-refractivity contribution >= 4 is 27.2 Å². The minimum absolute atomic E-state index is 0.107. The van der Waals surface area contributed by atoms with E-state index in [-0.39, 0.29) is 17.5 Å². The van der Waals surface area contributed by atoms with Gasteiger partial charge in [0.15, 0.2) is 9.84 Å². The molecule has 2 aliphatic rings. The van der Waals surface area contributed by atoms with E-state index in [1.54, 1.807) is 0 Å². The van der Waals surface area contributed by atoms with Crippen LogP contribution in [0.25, 0.3) is 0 Å². The van der Waals surface area contributed by atoms with Crippen LogP contribution in [0.15, 0.2) is 42.5 Å². The van der Waals surface area contributed by atoms with Gasteiger partial charge in [0, 0.05) is 37.6 Å². The molecular formula is C21H25N3O3S. The van der Waals surface area contributed by atoms with Crippen molar-refractivity contribution in [2.75, 3.05) is 41.4 Å². The van der Waals surface area contributed by atoms with Crippen LogP contribution in [0.5, 0.6) is 0 Å². The fourth-order valence-corrected chi connectivity index (χ4v) is 5.01. The lowest BCUT2D eigenvalue weighted by molar-refractivity contribution is 0.206. The van der Waals surface area contributed by atoms with Crippen molar-refractivity contribution in [3.05, 3.63) is 59.2 Å². The molecule has 7 heteroatoms. The molecular weight excluding hydrogens is 374 g/mol. The molecule has 148 valence electrons. The number of nitrogens with one attached hydrogen (secondary N) is 1. The zero-order valence-corrected chi connectivity index (χ0v) is 16.8. The molecule has 2 aromatic rings. The van der Waals surface area contributed by atoms with Gasteiger partial charge in [-0.05, 0) is 42.7 Å². The van der Waals surface area contributed by atoms with Gasteiger partial charge < -0.3 is 15.1 Å². The number of sulfone groups is 1. The molecule has 2 aromatic carbocycles. The lowest BCUT2D eigenvalue weighted by Crippen LogP contribution is -2.40. The largest absolute Gasteiger partial charge is 0.369 e. The summed E-state index contributed by atoms with van der Waals surface area (Å²) in [6.07, 6.45) is 0.868. The van der Waals surface area contributed by atoms with Gasteiger partial charge >= 0.3 is 6.03 Å². The molecule has 2 heterocycles. The molecule has 0 spiro atoms. The van der Waals surface area contributed by atoms with Crippen LogP contribution in [0.2, 0.25) is 0 Å². The Balaban J connectivity index is 1.42. The number of carbonyl (C=O) groups is 1. The molecule has 28 heavy (non-hydrogen) atoms. The number of aryl methyl sites for hydroxylation is 1. The molecule has 2 amide bonds. The summed E-state index contributed by atoms with van der Waals surface area (Å²) in [6.45, 7) is 4.38. The highest BCUT2D eigenvalue weighted by Crippen LogP contribution is 2.24. The Hall–Kier alpha value is -2.54. The first-order chi connectivity index (χ1) is 13.4. The van der Waals surface area contributed by atoms with Crippen LogP contribution < -0.4 is 10.2 Å². The second-order valence-electron chi connectivity index (χ2n) is 7.56. The average molecular weight is 400 g/mol. The van der Waals surface area contributed by atoms with E-state index >= 15 is 0 Å². The predicted octanol–water partition coefficient (Wildman–Crippen LogP) is 2.82. The normalized spacial score (nSPS) is 18.5. The van der Waals surface area contributed by atoms with E-state index in [4.69, 9.17) is 0 Å². The van der Waals surface area contributed by atoms with E-state index < -0.39 is 9.84 Å². The molecule has 1 fully saturated rings. The summed E-state index contributed by atoms with van der Waals surface area (Å²) in [4.78, 5) is 16.6. The number of benzene rings is 2. The Morgan fingerprint density at radius 3 is 2.57 bits per heavy atom. The molecule has 1 saturated heterocycles. The average Bonchev–Trinajstić information content (AvgIpc) is 2.67. The van der Waals surface area contributed by atoms with Crippen LogP contribution in [0.4, 0.5) is 16.2 Å². The van der Waals surface area contributed by atoms with Crippen LogP contribution >= 0.6 is 0 Å². The molecule has 0 unspecified atom stereocenters. The molecule has 0 bridgehead atoms. The fourth-order valence-electron chi connectivity index (χ4n) is 3.81. The first-order valence-corrected chi connectivity index (χ1v) is 11.4. The summed E-state index contributed by atoms with van der Waals surface area (Å²) in [7, 11) is -2.91. The number of fused-ring (bicyclic) bond motifs is 1. The van der Waals surface area contributed by atoms with Crippen molar-refractivity contribution in [3.63, 3.8) is 0 Å². The van der Waals surface area contributed by atoms with Crippen LogP contribution in [0, 0.1) is 6.92 Å². The maximum atomic E-state index is 12.7. The fraction of sp³-hybridized carbons (Fsp3) is 0.381. The summed E-state index contributed by atoms with van der Waals surface area (Å²) in [5.41, 5.74) is 5.44. The number of nitrogens with zero attached hydrogens (tertiary/aromatic N) is 2. The zero-order chi connectivity index (χ0) is 19.7. The van der Waals surface area contributed by atoms with Gasteiger partial charge in [0.25, 0.3) is 0 Å². The van der Waals surface area contributed by atoms with Crippen molar-refractivity contribution in [2.24, 2.45) is 0 Å². The minimum atomic E-state index is -2.91. The van der Waals surface area contributed by atoms with Gasteiger partial charge in [0.1, 0.15) is 0 Å². The number of rotatable bonds is 2. The van der Waals surface area contributed by atoms with Crippen LogP contribution in [0.3, 0.4) is 0 Å². The molecule has 1 N–H and O–H groups in total. The number of carbonyl (C=O) groups excluding carboxylic acids is 1. The molecule has 0 aliphatic carbocycles. The number of hydrogen-bond donors (Lipinski definition) is 1. The summed E-state index contributed by atoms with van der Waals surface area (Å²) in [5, 5.41) is 2.99. The summed E-state index contributed by atoms with van der Waals surface area (Å²) < 4.78 is 23.3. The maximum absolute atomic E-state index is 12.7. The number of anilines is 2. The van der Waals surface area contributed by atoms with Crippen molar-refractivity contribution in [3.8, 4) is 0 Å². The quantitative estimate of drug-likeness (QED) is 0.843. The number of amides is 2. The summed E-state index contributed by atoms with van der Waals surface area (Å²) in [6, 6.07) is 13.9. The third-order valence-electron chi connectivity index (χ3n) is 5.47. The molecule has 0 radical (unpaired) electrons. The van der Waals surface area contributed by atoms with Crippen LogP contribution in [-0.4, -0.2) is 50.5 Å². The predicted molar refractivity (Wildman–Crippen MR) is 112 cm³/mol. The van der Waals surface area contributed by atoms with Crippen molar-refractivity contribution < 1.29 is 13.2 Å². The van der Waals surface area contributed by atoms with E-state index in [0.717, 1.165) is 17.8 Å². The standard InChI is InChI=1S/C21H25N3O3S/c1-16-5-6-18-15-24(8-7-17(18)13-16)21(25)22-19-3-2-4-20(14-19)23-9-11-28(26,27)12-10-23/h2-6,13-14H,7-12,15H2,1H3,(H,22,25). The van der Waals surface area contributed by atoms with Crippen LogP contribution in [0.1, 0.15) is 16.7 Å². The number of hydrogen-bond acceptors (Lipinski definition) is 4. The Labute approximate surface area is 166 Å². The first-order valence-electron chi connectivity index (χ1n) is 9.59. The molecule has 6 nitrogen and oxygen atoms in total. The summed E-state index contributed by atoms with van der Waals surface area (Å²) in [5.74, 6) is 0.354. The van der Waals surface area contributed by atoms with Crippen LogP contribution in [-0.2, 0) is 22.8 Å². The van der Waals surface area contributed by atoms with E-state index in [1.165, 1.54) is 16.7 Å². The SMILES string of the molecule is Cc1ccc2c(c1)CCN(C(=O)Nc1cccc(N3CCS(=O)(=O)CC3)c1)C2. The first kappa shape index (κ1) is 18.8. The van der Waals surface area contributed by atoms with Crippen molar-refractivity contribution in [1.82, 2.24) is 4.90 Å². The molecule has 0 aromatic heterocycles. The third kappa shape index (κ3) is 4.14. The molecule has 0 saturated carbocycles. The topological polar surface area (TPSA) is 69.7 Å². The second-order valence-corrected chi connectivity index (χ2v) is 9.87. The van der Waals surface area contributed by atoms with Gasteiger partial charge in [0.05, 0.1) is 11.5 Å². The molecule has 0 atom stereocenters. The van der Waals surface area contributed by atoms with Crippen molar-refractivity contribution in [1.29, 1.82) is 0 Å². The lowest BCUT2D eigenvalue weighted by atomic mass is 9.98. The van der Waals surface area contributed by atoms with E-state index in [0.29, 0.717) is 26.2 Å². The monoisotopic (exact) mass is 399 g/mol. The second kappa shape index (κ2) is 7.47. The van der Waals surface area contributed by atoms with Gasteiger partial charge in [-0.3, -0.25) is 0 Å². The Morgan fingerprint density at radius 1 is 1.00 bits per heavy atom. The van der Waals surface area contributed by atoms with Gasteiger partial charge in [0.2, 0.25) is 0 Å².